The van der Waals surface area contributed by atoms with E-state index in [-0.39, 0.29) is 6.04 Å². The van der Waals surface area contributed by atoms with Gasteiger partial charge in [0.15, 0.2) is 0 Å². The molecule has 0 heterocycles. The average molecular weight is 257 g/mol. The van der Waals surface area contributed by atoms with E-state index in [4.69, 9.17) is 4.18 Å². The van der Waals surface area contributed by atoms with E-state index in [2.05, 4.69) is 4.72 Å². The van der Waals surface area contributed by atoms with E-state index in [1.165, 1.54) is 0 Å². The smallest absolute Gasteiger partial charge is 0.264 e. The Hall–Kier alpha value is -0.180. The average Bonchev–Trinajstić information content (AvgIpc) is 2.28. The monoisotopic (exact) mass is 257 g/mol. The van der Waals surface area contributed by atoms with Gasteiger partial charge in [0.25, 0.3) is 10.1 Å². The molecule has 0 aliphatic heterocycles. The Kier molecular flexibility index (Phi) is 3.75. The minimum atomic E-state index is -3.45. The van der Waals surface area contributed by atoms with Crippen LogP contribution in [-0.2, 0) is 24.3 Å². The molecule has 1 aliphatic carbocycles. The third kappa shape index (κ3) is 5.45. The third-order valence-electron chi connectivity index (χ3n) is 2.08. The van der Waals surface area contributed by atoms with Gasteiger partial charge in [-0.25, -0.2) is 13.1 Å². The highest BCUT2D eigenvalue weighted by Crippen LogP contribution is 2.23. The molecule has 15 heavy (non-hydrogen) atoms. The number of hydrogen-bond acceptors (Lipinski definition) is 5. The first-order chi connectivity index (χ1) is 6.66. The number of nitrogens with one attached hydrogen (secondary N) is 1. The van der Waals surface area contributed by atoms with Crippen molar-refractivity contribution in [2.75, 3.05) is 12.5 Å². The predicted molar refractivity (Wildman–Crippen MR) is 55.3 cm³/mol. The molecule has 2 atom stereocenters. The topological polar surface area (TPSA) is 89.5 Å². The Balaban J connectivity index is 2.47. The van der Waals surface area contributed by atoms with E-state index >= 15 is 0 Å². The summed E-state index contributed by atoms with van der Waals surface area (Å²) in [4.78, 5) is 0. The molecular weight excluding hydrogens is 242 g/mol. The van der Waals surface area contributed by atoms with Gasteiger partial charge in [0.2, 0.25) is 10.0 Å². The van der Waals surface area contributed by atoms with E-state index < -0.39 is 26.2 Å². The molecule has 0 spiro atoms. The van der Waals surface area contributed by atoms with Gasteiger partial charge in [-0.3, -0.25) is 4.18 Å². The fourth-order valence-corrected chi connectivity index (χ4v) is 3.17. The Bertz CT molecular complexity index is 373. The molecule has 90 valence electrons. The number of rotatable bonds is 4. The summed E-state index contributed by atoms with van der Waals surface area (Å²) in [6, 6.07) is -0.216. The quantitative estimate of drug-likeness (QED) is 0.681. The van der Waals surface area contributed by atoms with Crippen molar-refractivity contribution < 1.29 is 21.0 Å². The van der Waals surface area contributed by atoms with Gasteiger partial charge in [0.05, 0.1) is 18.6 Å². The van der Waals surface area contributed by atoms with E-state index in [9.17, 15) is 16.8 Å². The van der Waals surface area contributed by atoms with Crippen molar-refractivity contribution in [2.24, 2.45) is 0 Å². The van der Waals surface area contributed by atoms with Gasteiger partial charge in [-0.05, 0) is 19.3 Å². The molecule has 6 nitrogen and oxygen atoms in total. The molecule has 0 bridgehead atoms. The summed E-state index contributed by atoms with van der Waals surface area (Å²) >= 11 is 0. The zero-order chi connectivity index (χ0) is 11.7. The summed E-state index contributed by atoms with van der Waals surface area (Å²) in [7, 11) is -6.68. The molecule has 0 unspecified atom stereocenters. The van der Waals surface area contributed by atoms with E-state index in [0.717, 1.165) is 12.5 Å². The lowest BCUT2D eigenvalue weighted by Crippen LogP contribution is -2.32. The molecular formula is C7H15NO5S2. The third-order valence-corrected chi connectivity index (χ3v) is 3.46. The summed E-state index contributed by atoms with van der Waals surface area (Å²) in [5.41, 5.74) is 0. The first-order valence-electron chi connectivity index (χ1n) is 4.51. The zero-order valence-corrected chi connectivity index (χ0v) is 10.3. The lowest BCUT2D eigenvalue weighted by Gasteiger charge is -2.11. The Morgan fingerprint density at radius 2 is 1.73 bits per heavy atom. The molecule has 1 fully saturated rings. The van der Waals surface area contributed by atoms with Crippen molar-refractivity contribution in [3.05, 3.63) is 0 Å². The minimum Gasteiger partial charge on any atom is -0.267 e. The van der Waals surface area contributed by atoms with Crippen LogP contribution in [0.25, 0.3) is 0 Å². The van der Waals surface area contributed by atoms with Crippen molar-refractivity contribution in [3.8, 4) is 0 Å². The van der Waals surface area contributed by atoms with Gasteiger partial charge in [-0.15, -0.1) is 0 Å². The summed E-state index contributed by atoms with van der Waals surface area (Å²) in [5.74, 6) is 0. The maximum atomic E-state index is 10.9. The van der Waals surface area contributed by atoms with Crippen molar-refractivity contribution in [1.29, 1.82) is 0 Å². The molecule has 0 aromatic rings. The van der Waals surface area contributed by atoms with Crippen LogP contribution >= 0.6 is 0 Å². The molecule has 0 radical (unpaired) electrons. The molecule has 0 amide bonds. The normalized spacial score (nSPS) is 28.1. The van der Waals surface area contributed by atoms with E-state index in [1.54, 1.807) is 0 Å². The second-order valence-corrected chi connectivity index (χ2v) is 7.20. The molecule has 1 saturated carbocycles. The molecule has 0 aromatic heterocycles. The Labute approximate surface area is 90.2 Å². The maximum Gasteiger partial charge on any atom is 0.264 e. The van der Waals surface area contributed by atoms with Crippen LogP contribution < -0.4 is 4.72 Å². The Morgan fingerprint density at radius 3 is 2.20 bits per heavy atom. The first kappa shape index (κ1) is 12.9. The van der Waals surface area contributed by atoms with Crippen LogP contribution in [0.3, 0.4) is 0 Å². The van der Waals surface area contributed by atoms with E-state index in [0.29, 0.717) is 19.3 Å². The van der Waals surface area contributed by atoms with Crippen LogP contribution in [0.5, 0.6) is 0 Å². The Morgan fingerprint density at radius 1 is 1.13 bits per heavy atom. The van der Waals surface area contributed by atoms with E-state index in [1.807, 2.05) is 0 Å². The van der Waals surface area contributed by atoms with Gasteiger partial charge in [0.1, 0.15) is 0 Å². The van der Waals surface area contributed by atoms with Crippen molar-refractivity contribution in [2.45, 2.75) is 31.4 Å². The van der Waals surface area contributed by atoms with Crippen molar-refractivity contribution in [1.82, 2.24) is 4.72 Å². The molecule has 8 heteroatoms. The highest BCUT2D eigenvalue weighted by atomic mass is 32.2. The summed E-state index contributed by atoms with van der Waals surface area (Å²) in [6.45, 7) is 0. The van der Waals surface area contributed by atoms with Crippen LogP contribution in [0.1, 0.15) is 19.3 Å². The highest BCUT2D eigenvalue weighted by molar-refractivity contribution is 7.88. The van der Waals surface area contributed by atoms with Gasteiger partial charge < -0.3 is 0 Å². The second-order valence-electron chi connectivity index (χ2n) is 3.82. The summed E-state index contributed by atoms with van der Waals surface area (Å²) in [6.07, 6.45) is 3.23. The summed E-state index contributed by atoms with van der Waals surface area (Å²) < 4.78 is 50.7. The van der Waals surface area contributed by atoms with Gasteiger partial charge in [-0.1, -0.05) is 0 Å². The van der Waals surface area contributed by atoms with Crippen molar-refractivity contribution >= 4 is 20.1 Å². The highest BCUT2D eigenvalue weighted by Gasteiger charge is 2.29. The van der Waals surface area contributed by atoms with Crippen LogP contribution in [-0.4, -0.2) is 41.5 Å². The molecule has 1 N–H and O–H groups in total. The maximum absolute atomic E-state index is 10.9. The molecule has 1 aliphatic rings. The van der Waals surface area contributed by atoms with Crippen molar-refractivity contribution in [3.63, 3.8) is 0 Å². The zero-order valence-electron chi connectivity index (χ0n) is 8.63. The fourth-order valence-electron chi connectivity index (χ4n) is 1.68. The van der Waals surface area contributed by atoms with Gasteiger partial charge in [0, 0.05) is 6.04 Å². The second kappa shape index (κ2) is 4.36. The van der Waals surface area contributed by atoms with Crippen LogP contribution in [0.4, 0.5) is 0 Å². The first-order valence-corrected chi connectivity index (χ1v) is 8.22. The predicted octanol–water partition coefficient (Wildman–Crippen LogP) is -0.567. The van der Waals surface area contributed by atoms with Crippen LogP contribution in [0.15, 0.2) is 0 Å². The number of sulfonamides is 1. The fraction of sp³-hybridized carbons (Fsp3) is 1.00. The largest absolute Gasteiger partial charge is 0.267 e. The minimum absolute atomic E-state index is 0.216. The molecule has 1 rings (SSSR count). The lowest BCUT2D eigenvalue weighted by molar-refractivity contribution is 0.217. The molecule has 0 saturated heterocycles. The summed E-state index contributed by atoms with van der Waals surface area (Å²) in [5, 5.41) is 0. The van der Waals surface area contributed by atoms with Gasteiger partial charge in [-0.2, -0.15) is 8.42 Å². The number of hydrogen-bond donors (Lipinski definition) is 1. The van der Waals surface area contributed by atoms with Gasteiger partial charge >= 0.3 is 0 Å². The standard InChI is InChI=1S/C7H15NO5S2/c1-14(9,10)8-6-3-4-7(5-6)13-15(2,11)12/h6-8H,3-5H2,1-2H3/t6-,7-/m1/s1. The van der Waals surface area contributed by atoms with Crippen LogP contribution in [0, 0.1) is 0 Å². The van der Waals surface area contributed by atoms with Crippen LogP contribution in [0.2, 0.25) is 0 Å². The SMILES string of the molecule is CS(=O)(=O)N[C@@H]1CC[C@@H](OS(C)(=O)=O)C1. The molecule has 0 aromatic carbocycles. The lowest BCUT2D eigenvalue weighted by atomic mass is 10.3.